The quantitative estimate of drug-likeness (QED) is 0.839. The molecule has 2 amide bonds. The molecule has 1 N–H and O–H groups in total. The molecule has 152 valence electrons. The van der Waals surface area contributed by atoms with E-state index in [0.717, 1.165) is 37.7 Å². The van der Waals surface area contributed by atoms with Gasteiger partial charge < -0.3 is 15.1 Å². The third kappa shape index (κ3) is 4.85. The molecule has 0 atom stereocenters. The summed E-state index contributed by atoms with van der Waals surface area (Å²) in [5.74, 6) is 0. The van der Waals surface area contributed by atoms with Crippen LogP contribution in [-0.2, 0) is 11.8 Å². The maximum absolute atomic E-state index is 12.5. The topological polar surface area (TPSA) is 48.5 Å². The smallest absolute Gasteiger partial charge is 0.317 e. The molecule has 1 aliphatic rings. The summed E-state index contributed by atoms with van der Waals surface area (Å²) >= 11 is 1.65. The number of aryl methyl sites for hydroxylation is 2. The molecular weight excluding hydrogens is 368 g/mol. The van der Waals surface area contributed by atoms with Gasteiger partial charge in [-0.1, -0.05) is 32.9 Å². The third-order valence-corrected chi connectivity index (χ3v) is 6.30. The lowest BCUT2D eigenvalue weighted by atomic mass is 9.83. The maximum Gasteiger partial charge on any atom is 0.317 e. The van der Waals surface area contributed by atoms with E-state index in [-0.39, 0.29) is 11.4 Å². The Morgan fingerprint density at radius 1 is 1.14 bits per heavy atom. The zero-order valence-electron chi connectivity index (χ0n) is 17.7. The van der Waals surface area contributed by atoms with Crippen molar-refractivity contribution in [3.05, 3.63) is 46.0 Å². The van der Waals surface area contributed by atoms with E-state index in [9.17, 15) is 4.79 Å². The van der Waals surface area contributed by atoms with Crippen molar-refractivity contribution in [3.8, 4) is 0 Å². The molecule has 28 heavy (non-hydrogen) atoms. The molecule has 5 nitrogen and oxygen atoms in total. The number of hydrogen-bond donors (Lipinski definition) is 1. The van der Waals surface area contributed by atoms with Gasteiger partial charge in [-0.15, -0.1) is 11.3 Å². The molecule has 0 bridgehead atoms. The van der Waals surface area contributed by atoms with Crippen LogP contribution in [0.4, 0.5) is 9.93 Å². The number of urea groups is 1. The zero-order valence-corrected chi connectivity index (χ0v) is 18.5. The second kappa shape index (κ2) is 8.52. The van der Waals surface area contributed by atoms with Crippen molar-refractivity contribution in [2.24, 2.45) is 0 Å². The molecule has 1 aliphatic heterocycles. The Morgan fingerprint density at radius 2 is 1.79 bits per heavy atom. The minimum Gasteiger partial charge on any atom is -0.345 e. The number of nitrogens with zero attached hydrogens (tertiary/aromatic N) is 3. The Bertz CT molecular complexity index is 779. The number of piperazine rings is 1. The van der Waals surface area contributed by atoms with Gasteiger partial charge in [0.2, 0.25) is 0 Å². The largest absolute Gasteiger partial charge is 0.345 e. The van der Waals surface area contributed by atoms with E-state index in [2.05, 4.69) is 62.0 Å². The number of rotatable bonds is 4. The first-order chi connectivity index (χ1) is 13.3. The molecule has 0 aliphatic carbocycles. The van der Waals surface area contributed by atoms with E-state index < -0.39 is 0 Å². The van der Waals surface area contributed by atoms with Crippen molar-refractivity contribution in [2.75, 3.05) is 37.6 Å². The summed E-state index contributed by atoms with van der Waals surface area (Å²) in [6.07, 6.45) is 2.70. The fourth-order valence-electron chi connectivity index (χ4n) is 3.70. The predicted octanol–water partition coefficient (Wildman–Crippen LogP) is 4.13. The average Bonchev–Trinajstić information content (AvgIpc) is 3.17. The number of carbonyl (C=O) groups is 1. The van der Waals surface area contributed by atoms with E-state index in [4.69, 9.17) is 0 Å². The molecule has 0 radical (unpaired) electrons. The Morgan fingerprint density at radius 3 is 2.32 bits per heavy atom. The fourth-order valence-corrected chi connectivity index (χ4v) is 4.40. The van der Waals surface area contributed by atoms with E-state index >= 15 is 0 Å². The minimum absolute atomic E-state index is 0.0420. The summed E-state index contributed by atoms with van der Waals surface area (Å²) in [6, 6.07) is 4.63. The van der Waals surface area contributed by atoms with Crippen LogP contribution in [-0.4, -0.2) is 48.6 Å². The molecule has 2 aromatic rings. The normalized spacial score (nSPS) is 15.0. The van der Waals surface area contributed by atoms with Gasteiger partial charge in [-0.05, 0) is 47.9 Å². The number of thiazole rings is 1. The first-order valence-electron chi connectivity index (χ1n) is 10.0. The van der Waals surface area contributed by atoms with Crippen LogP contribution in [0.3, 0.4) is 0 Å². The summed E-state index contributed by atoms with van der Waals surface area (Å²) in [7, 11) is 0. The highest BCUT2D eigenvalue weighted by molar-refractivity contribution is 7.13. The number of amides is 2. The van der Waals surface area contributed by atoms with E-state index in [1.807, 2.05) is 16.5 Å². The standard InChI is InChI=1S/C22H32N4OS/c1-16-14-18(22(3,4)5)15-17(2)19(16)6-7-23-20(27)25-9-11-26(12-10-25)21-24-8-13-28-21/h8,13-15H,6-7,9-12H2,1-5H3,(H,23,27). The van der Waals surface area contributed by atoms with Crippen LogP contribution in [0.25, 0.3) is 0 Å². The van der Waals surface area contributed by atoms with Gasteiger partial charge in [0, 0.05) is 44.3 Å². The molecule has 0 spiro atoms. The second-order valence-electron chi connectivity index (χ2n) is 8.61. The van der Waals surface area contributed by atoms with Gasteiger partial charge in [0.25, 0.3) is 0 Å². The second-order valence-corrected chi connectivity index (χ2v) is 9.48. The summed E-state index contributed by atoms with van der Waals surface area (Å²) in [4.78, 5) is 21.0. The zero-order chi connectivity index (χ0) is 20.3. The van der Waals surface area contributed by atoms with Gasteiger partial charge >= 0.3 is 6.03 Å². The van der Waals surface area contributed by atoms with Gasteiger partial charge in [-0.25, -0.2) is 9.78 Å². The molecule has 0 unspecified atom stereocenters. The number of hydrogen-bond acceptors (Lipinski definition) is 4. The van der Waals surface area contributed by atoms with Crippen LogP contribution < -0.4 is 10.2 Å². The summed E-state index contributed by atoms with van der Waals surface area (Å²) in [6.45, 7) is 14.9. The maximum atomic E-state index is 12.5. The van der Waals surface area contributed by atoms with Crippen molar-refractivity contribution in [3.63, 3.8) is 0 Å². The number of anilines is 1. The Kier molecular flexibility index (Phi) is 6.28. The number of nitrogens with one attached hydrogen (secondary N) is 1. The molecule has 1 aromatic heterocycles. The third-order valence-electron chi connectivity index (χ3n) is 5.47. The number of carbonyl (C=O) groups excluding carboxylic acids is 1. The number of aromatic nitrogens is 1. The Hall–Kier alpha value is -2.08. The summed E-state index contributed by atoms with van der Waals surface area (Å²) in [5.41, 5.74) is 5.51. The predicted molar refractivity (Wildman–Crippen MR) is 118 cm³/mol. The van der Waals surface area contributed by atoms with Crippen LogP contribution in [0, 0.1) is 13.8 Å². The molecule has 0 saturated carbocycles. The highest BCUT2D eigenvalue weighted by atomic mass is 32.1. The van der Waals surface area contributed by atoms with Crippen LogP contribution in [0.1, 0.15) is 43.0 Å². The Balaban J connectivity index is 1.49. The van der Waals surface area contributed by atoms with E-state index in [1.54, 1.807) is 11.3 Å². The fraction of sp³-hybridized carbons (Fsp3) is 0.545. The minimum atomic E-state index is 0.0420. The lowest BCUT2D eigenvalue weighted by Gasteiger charge is -2.34. The molecule has 3 rings (SSSR count). The molecule has 6 heteroatoms. The molecule has 2 heterocycles. The van der Waals surface area contributed by atoms with Crippen LogP contribution in [0.5, 0.6) is 0 Å². The van der Waals surface area contributed by atoms with Gasteiger partial charge in [0.15, 0.2) is 5.13 Å². The van der Waals surface area contributed by atoms with Crippen molar-refractivity contribution < 1.29 is 4.79 Å². The monoisotopic (exact) mass is 400 g/mol. The van der Waals surface area contributed by atoms with Gasteiger partial charge in [-0.2, -0.15) is 0 Å². The average molecular weight is 401 g/mol. The molecular formula is C22H32N4OS. The Labute approximate surface area is 172 Å². The molecule has 1 saturated heterocycles. The highest BCUT2D eigenvalue weighted by Crippen LogP contribution is 2.27. The van der Waals surface area contributed by atoms with E-state index in [1.165, 1.54) is 22.3 Å². The lowest BCUT2D eigenvalue weighted by molar-refractivity contribution is 0.194. The first-order valence-corrected chi connectivity index (χ1v) is 10.9. The lowest BCUT2D eigenvalue weighted by Crippen LogP contribution is -2.52. The van der Waals surface area contributed by atoms with E-state index in [0.29, 0.717) is 6.54 Å². The van der Waals surface area contributed by atoms with Gasteiger partial charge in [0.1, 0.15) is 0 Å². The highest BCUT2D eigenvalue weighted by Gasteiger charge is 2.22. The number of benzene rings is 1. The van der Waals surface area contributed by atoms with Crippen molar-refractivity contribution in [1.82, 2.24) is 15.2 Å². The van der Waals surface area contributed by atoms with Crippen LogP contribution in [0.2, 0.25) is 0 Å². The first kappa shape index (κ1) is 20.6. The van der Waals surface area contributed by atoms with Gasteiger partial charge in [0.05, 0.1) is 0 Å². The van der Waals surface area contributed by atoms with Crippen LogP contribution in [0.15, 0.2) is 23.7 Å². The van der Waals surface area contributed by atoms with Crippen LogP contribution >= 0.6 is 11.3 Å². The summed E-state index contributed by atoms with van der Waals surface area (Å²) < 4.78 is 0. The van der Waals surface area contributed by atoms with Gasteiger partial charge in [-0.3, -0.25) is 0 Å². The SMILES string of the molecule is Cc1cc(C(C)(C)C)cc(C)c1CCNC(=O)N1CCN(c2nccs2)CC1. The molecule has 1 aromatic carbocycles. The summed E-state index contributed by atoms with van der Waals surface area (Å²) in [5, 5.41) is 6.14. The molecule has 1 fully saturated rings. The van der Waals surface area contributed by atoms with Crippen molar-refractivity contribution >= 4 is 22.5 Å². The van der Waals surface area contributed by atoms with Crippen molar-refractivity contribution in [2.45, 2.75) is 46.5 Å². The van der Waals surface area contributed by atoms with Crippen molar-refractivity contribution in [1.29, 1.82) is 0 Å².